The summed E-state index contributed by atoms with van der Waals surface area (Å²) in [7, 11) is 3.08. The summed E-state index contributed by atoms with van der Waals surface area (Å²) in [4.78, 5) is 28.2. The van der Waals surface area contributed by atoms with E-state index >= 15 is 0 Å². The fraction of sp³-hybridized carbons (Fsp3) is 0.214. The zero-order chi connectivity index (χ0) is 24.6. The molecule has 1 atom stereocenters. The molecule has 0 bridgehead atoms. The van der Waals surface area contributed by atoms with Gasteiger partial charge in [-0.05, 0) is 67.8 Å². The molecule has 1 amide bonds. The molecule has 1 unspecified atom stereocenters. The Labute approximate surface area is 199 Å². The van der Waals surface area contributed by atoms with E-state index in [-0.39, 0.29) is 11.3 Å². The van der Waals surface area contributed by atoms with Gasteiger partial charge >= 0.3 is 0 Å². The van der Waals surface area contributed by atoms with E-state index in [2.05, 4.69) is 0 Å². The zero-order valence-corrected chi connectivity index (χ0v) is 19.9. The summed E-state index contributed by atoms with van der Waals surface area (Å²) in [6, 6.07) is 17.4. The van der Waals surface area contributed by atoms with E-state index in [0.29, 0.717) is 22.7 Å². The monoisotopic (exact) mass is 457 g/mol. The number of anilines is 1. The molecule has 0 aliphatic carbocycles. The molecule has 1 saturated heterocycles. The molecule has 1 fully saturated rings. The van der Waals surface area contributed by atoms with Gasteiger partial charge in [0.15, 0.2) is 0 Å². The number of Topliss-reactive ketones (excluding diaryl/α,β-unsaturated/α-hetero) is 1. The fourth-order valence-electron chi connectivity index (χ4n) is 4.54. The lowest BCUT2D eigenvalue weighted by molar-refractivity contribution is -0.132. The van der Waals surface area contributed by atoms with Crippen molar-refractivity contribution in [1.82, 2.24) is 0 Å². The summed E-state index contributed by atoms with van der Waals surface area (Å²) in [5.74, 6) is -0.624. The first-order chi connectivity index (χ1) is 16.3. The third-order valence-corrected chi connectivity index (χ3v) is 6.03. The summed E-state index contributed by atoms with van der Waals surface area (Å²) in [6.07, 6.45) is 0. The summed E-state index contributed by atoms with van der Waals surface area (Å²) >= 11 is 0. The van der Waals surface area contributed by atoms with Crippen LogP contribution in [0.4, 0.5) is 5.69 Å². The first kappa shape index (κ1) is 23.1. The van der Waals surface area contributed by atoms with Crippen molar-refractivity contribution in [2.45, 2.75) is 26.8 Å². The number of aryl methyl sites for hydroxylation is 3. The van der Waals surface area contributed by atoms with Gasteiger partial charge in [0.1, 0.15) is 17.3 Å². The van der Waals surface area contributed by atoms with Gasteiger partial charge in [-0.3, -0.25) is 14.5 Å². The number of aliphatic hydroxyl groups excluding tert-OH is 1. The Bertz CT molecular complexity index is 1310. The average molecular weight is 458 g/mol. The molecule has 1 aliphatic heterocycles. The lowest BCUT2D eigenvalue weighted by atomic mass is 9.93. The minimum atomic E-state index is -0.807. The zero-order valence-electron chi connectivity index (χ0n) is 19.9. The van der Waals surface area contributed by atoms with Gasteiger partial charge in [0.05, 0.1) is 31.4 Å². The predicted octanol–water partition coefficient (Wildman–Crippen LogP) is 5.26. The number of carbonyl (C=O) groups is 2. The molecule has 4 rings (SSSR count). The van der Waals surface area contributed by atoms with Gasteiger partial charge < -0.3 is 14.6 Å². The molecule has 1 N–H and O–H groups in total. The number of hydrogen-bond donors (Lipinski definition) is 1. The van der Waals surface area contributed by atoms with Crippen molar-refractivity contribution in [3.63, 3.8) is 0 Å². The van der Waals surface area contributed by atoms with Crippen molar-refractivity contribution in [3.8, 4) is 11.5 Å². The van der Waals surface area contributed by atoms with Crippen LogP contribution >= 0.6 is 0 Å². The van der Waals surface area contributed by atoms with Crippen LogP contribution in [0.15, 0.2) is 66.2 Å². The van der Waals surface area contributed by atoms with Gasteiger partial charge in [-0.15, -0.1) is 0 Å². The predicted molar refractivity (Wildman–Crippen MR) is 131 cm³/mol. The number of carbonyl (C=O) groups excluding carboxylic acids is 2. The Kier molecular flexibility index (Phi) is 6.16. The lowest BCUT2D eigenvalue weighted by Gasteiger charge is -2.26. The van der Waals surface area contributed by atoms with Crippen LogP contribution in [0.2, 0.25) is 0 Å². The highest BCUT2D eigenvalue weighted by Gasteiger charge is 2.47. The van der Waals surface area contributed by atoms with E-state index in [0.717, 1.165) is 22.3 Å². The molecule has 1 aliphatic rings. The van der Waals surface area contributed by atoms with Gasteiger partial charge in [-0.2, -0.15) is 0 Å². The fourth-order valence-corrected chi connectivity index (χ4v) is 4.54. The molecule has 0 saturated carbocycles. The summed E-state index contributed by atoms with van der Waals surface area (Å²) in [5, 5.41) is 11.5. The van der Waals surface area contributed by atoms with E-state index in [1.54, 1.807) is 37.4 Å². The Hall–Kier alpha value is -4.06. The van der Waals surface area contributed by atoms with E-state index in [4.69, 9.17) is 9.47 Å². The van der Waals surface area contributed by atoms with E-state index in [1.807, 2.05) is 51.1 Å². The minimum Gasteiger partial charge on any atom is -0.507 e. The second kappa shape index (κ2) is 9.06. The number of hydrogen-bond acceptors (Lipinski definition) is 5. The van der Waals surface area contributed by atoms with Crippen LogP contribution < -0.4 is 14.4 Å². The van der Waals surface area contributed by atoms with Crippen molar-refractivity contribution < 1.29 is 24.2 Å². The third-order valence-electron chi connectivity index (χ3n) is 6.03. The summed E-state index contributed by atoms with van der Waals surface area (Å²) < 4.78 is 10.8. The second-order valence-electron chi connectivity index (χ2n) is 8.44. The topological polar surface area (TPSA) is 76.1 Å². The second-order valence-corrected chi connectivity index (χ2v) is 8.44. The van der Waals surface area contributed by atoms with E-state index in [9.17, 15) is 14.7 Å². The van der Waals surface area contributed by atoms with Crippen molar-refractivity contribution in [2.75, 3.05) is 19.1 Å². The van der Waals surface area contributed by atoms with E-state index < -0.39 is 17.7 Å². The van der Waals surface area contributed by atoms with Crippen LogP contribution in [-0.2, 0) is 9.59 Å². The molecular formula is C28H27NO5. The molecule has 1 heterocycles. The number of ether oxygens (including phenoxy) is 2. The van der Waals surface area contributed by atoms with Crippen molar-refractivity contribution in [2.24, 2.45) is 0 Å². The standard InChI is InChI=1S/C28H27NO5/c1-16-7-6-8-19(14-16)24-23(25(30)22-15-17(2)13-18(3)27(22)34-5)26(31)28(32)29(24)20-9-11-21(33-4)12-10-20/h6-15,24,30H,1-5H3/b25-23+. The summed E-state index contributed by atoms with van der Waals surface area (Å²) in [6.45, 7) is 5.71. The molecule has 174 valence electrons. The number of nitrogens with zero attached hydrogens (tertiary/aromatic N) is 1. The number of methoxy groups -OCH3 is 2. The van der Waals surface area contributed by atoms with Crippen LogP contribution in [0, 0.1) is 20.8 Å². The Morgan fingerprint density at radius 1 is 0.882 bits per heavy atom. The Balaban J connectivity index is 1.99. The first-order valence-corrected chi connectivity index (χ1v) is 10.9. The van der Waals surface area contributed by atoms with Crippen LogP contribution in [0.25, 0.3) is 5.76 Å². The van der Waals surface area contributed by atoms with Gasteiger partial charge in [-0.1, -0.05) is 35.9 Å². The number of aliphatic hydroxyl groups is 1. The maximum absolute atomic E-state index is 13.4. The highest BCUT2D eigenvalue weighted by molar-refractivity contribution is 6.51. The van der Waals surface area contributed by atoms with Crippen LogP contribution in [0.1, 0.15) is 33.9 Å². The molecule has 0 aromatic heterocycles. The quantitative estimate of drug-likeness (QED) is 0.322. The number of benzene rings is 3. The van der Waals surface area contributed by atoms with Gasteiger partial charge in [-0.25, -0.2) is 0 Å². The molecule has 34 heavy (non-hydrogen) atoms. The normalized spacial score (nSPS) is 17.2. The number of ketones is 1. The molecular weight excluding hydrogens is 430 g/mol. The molecule has 0 spiro atoms. The highest BCUT2D eigenvalue weighted by Crippen LogP contribution is 2.44. The van der Waals surface area contributed by atoms with Gasteiger partial charge in [0.2, 0.25) is 0 Å². The summed E-state index contributed by atoms with van der Waals surface area (Å²) in [5.41, 5.74) is 4.35. The molecule has 6 heteroatoms. The van der Waals surface area contributed by atoms with Crippen LogP contribution in [0.5, 0.6) is 11.5 Å². The Morgan fingerprint density at radius 2 is 1.59 bits per heavy atom. The lowest BCUT2D eigenvalue weighted by Crippen LogP contribution is -2.29. The molecule has 3 aromatic carbocycles. The van der Waals surface area contributed by atoms with Crippen molar-refractivity contribution in [3.05, 3.63) is 94.1 Å². The SMILES string of the molecule is COc1ccc(N2C(=O)C(=O)/C(=C(/O)c3cc(C)cc(C)c3OC)C2c2cccc(C)c2)cc1. The van der Waals surface area contributed by atoms with Gasteiger partial charge in [0, 0.05) is 5.69 Å². The number of amides is 1. The molecule has 6 nitrogen and oxygen atoms in total. The minimum absolute atomic E-state index is 0.0229. The number of rotatable bonds is 5. The van der Waals surface area contributed by atoms with Crippen LogP contribution in [-0.4, -0.2) is 31.0 Å². The van der Waals surface area contributed by atoms with Gasteiger partial charge in [0.25, 0.3) is 11.7 Å². The smallest absolute Gasteiger partial charge is 0.300 e. The Morgan fingerprint density at radius 3 is 2.21 bits per heavy atom. The third kappa shape index (κ3) is 3.92. The molecule has 3 aromatic rings. The van der Waals surface area contributed by atoms with Crippen LogP contribution in [0.3, 0.4) is 0 Å². The maximum Gasteiger partial charge on any atom is 0.300 e. The highest BCUT2D eigenvalue weighted by atomic mass is 16.5. The van der Waals surface area contributed by atoms with Crippen molar-refractivity contribution in [1.29, 1.82) is 0 Å². The van der Waals surface area contributed by atoms with Crippen molar-refractivity contribution >= 4 is 23.1 Å². The maximum atomic E-state index is 13.4. The molecule has 0 radical (unpaired) electrons. The largest absolute Gasteiger partial charge is 0.507 e. The average Bonchev–Trinajstić information content (AvgIpc) is 3.08. The first-order valence-electron chi connectivity index (χ1n) is 10.9. The van der Waals surface area contributed by atoms with E-state index in [1.165, 1.54) is 12.0 Å².